The molecule has 2 heterocycles. The number of thioether (sulfide) groups is 1. The van der Waals surface area contributed by atoms with Gasteiger partial charge in [-0.15, -0.1) is 10.2 Å². The predicted octanol–water partition coefficient (Wildman–Crippen LogP) is 4.10. The average molecular weight is 416 g/mol. The Morgan fingerprint density at radius 2 is 2.05 bits per heavy atom. The lowest BCUT2D eigenvalue weighted by atomic mass is 10.2. The Hall–Kier alpha value is -0.670. The molecular formula is C13H13IN4S2. The molecule has 1 aromatic carbocycles. The molecule has 0 bridgehead atoms. The Bertz CT molecular complexity index is 705. The van der Waals surface area contributed by atoms with Gasteiger partial charge in [0.25, 0.3) is 0 Å². The SMILES string of the molecule is CCCSCc1nnc2sc(-c3ccc(I)cc3)nn12. The third-order valence-corrected chi connectivity index (χ3v) is 5.55. The standard InChI is InChI=1S/C13H13IN4S2/c1-2-7-19-8-11-15-16-13-18(11)17-12(20-13)9-3-5-10(14)6-4-9/h3-6H,2,7-8H2,1H3. The first-order valence-electron chi connectivity index (χ1n) is 6.32. The summed E-state index contributed by atoms with van der Waals surface area (Å²) in [6, 6.07) is 8.38. The van der Waals surface area contributed by atoms with Crippen LogP contribution < -0.4 is 0 Å². The van der Waals surface area contributed by atoms with Crippen LogP contribution in [0.4, 0.5) is 0 Å². The summed E-state index contributed by atoms with van der Waals surface area (Å²) in [5.74, 6) is 2.94. The van der Waals surface area contributed by atoms with E-state index >= 15 is 0 Å². The maximum atomic E-state index is 4.65. The zero-order valence-electron chi connectivity index (χ0n) is 10.9. The summed E-state index contributed by atoms with van der Waals surface area (Å²) in [6.45, 7) is 2.18. The zero-order chi connectivity index (χ0) is 13.9. The van der Waals surface area contributed by atoms with E-state index in [4.69, 9.17) is 0 Å². The van der Waals surface area contributed by atoms with Crippen molar-refractivity contribution in [2.75, 3.05) is 5.75 Å². The Balaban J connectivity index is 1.89. The molecule has 0 fully saturated rings. The molecule has 0 spiro atoms. The molecule has 0 saturated heterocycles. The molecule has 0 unspecified atom stereocenters. The number of hydrogen-bond acceptors (Lipinski definition) is 5. The fourth-order valence-corrected chi connectivity index (χ4v) is 3.78. The highest BCUT2D eigenvalue weighted by atomic mass is 127. The van der Waals surface area contributed by atoms with E-state index in [1.807, 2.05) is 16.3 Å². The summed E-state index contributed by atoms with van der Waals surface area (Å²) in [6.07, 6.45) is 1.18. The van der Waals surface area contributed by atoms with E-state index in [0.29, 0.717) is 0 Å². The van der Waals surface area contributed by atoms with Gasteiger partial charge in [-0.2, -0.15) is 21.4 Å². The minimum Gasteiger partial charge on any atom is -0.186 e. The largest absolute Gasteiger partial charge is 0.235 e. The third kappa shape index (κ3) is 2.99. The van der Waals surface area contributed by atoms with Crippen LogP contribution in [0.5, 0.6) is 0 Å². The minimum atomic E-state index is 0.866. The summed E-state index contributed by atoms with van der Waals surface area (Å²) in [4.78, 5) is 0.866. The number of fused-ring (bicyclic) bond motifs is 1. The van der Waals surface area contributed by atoms with Gasteiger partial charge in [-0.05, 0) is 46.9 Å². The van der Waals surface area contributed by atoms with Crippen molar-refractivity contribution in [3.05, 3.63) is 33.7 Å². The highest BCUT2D eigenvalue weighted by Gasteiger charge is 2.12. The van der Waals surface area contributed by atoms with E-state index in [2.05, 4.69) is 69.1 Å². The normalized spacial score (nSPS) is 11.3. The second-order valence-electron chi connectivity index (χ2n) is 4.28. The highest BCUT2D eigenvalue weighted by molar-refractivity contribution is 14.1. The predicted molar refractivity (Wildman–Crippen MR) is 93.3 cm³/mol. The lowest BCUT2D eigenvalue weighted by molar-refractivity contribution is 0.887. The quantitative estimate of drug-likeness (QED) is 0.464. The van der Waals surface area contributed by atoms with Gasteiger partial charge in [-0.3, -0.25) is 0 Å². The molecule has 20 heavy (non-hydrogen) atoms. The first kappa shape index (κ1) is 14.3. The number of nitrogens with zero attached hydrogens (tertiary/aromatic N) is 4. The van der Waals surface area contributed by atoms with Crippen molar-refractivity contribution in [2.45, 2.75) is 19.1 Å². The first-order chi connectivity index (χ1) is 9.78. The van der Waals surface area contributed by atoms with Crippen LogP contribution in [-0.2, 0) is 5.75 Å². The molecule has 2 aromatic heterocycles. The monoisotopic (exact) mass is 416 g/mol. The van der Waals surface area contributed by atoms with E-state index < -0.39 is 0 Å². The molecule has 3 aromatic rings. The molecule has 0 aliphatic rings. The maximum absolute atomic E-state index is 4.65. The van der Waals surface area contributed by atoms with E-state index in [9.17, 15) is 0 Å². The van der Waals surface area contributed by atoms with E-state index in [1.165, 1.54) is 9.99 Å². The topological polar surface area (TPSA) is 43.1 Å². The van der Waals surface area contributed by atoms with Crippen molar-refractivity contribution >= 4 is 50.7 Å². The van der Waals surface area contributed by atoms with Crippen LogP contribution >= 0.6 is 45.7 Å². The van der Waals surface area contributed by atoms with Gasteiger partial charge in [0, 0.05) is 9.13 Å². The van der Waals surface area contributed by atoms with Crippen LogP contribution in [0, 0.1) is 3.57 Å². The maximum Gasteiger partial charge on any atom is 0.235 e. The molecule has 104 valence electrons. The Morgan fingerprint density at radius 1 is 1.25 bits per heavy atom. The molecule has 0 amide bonds. The number of benzene rings is 1. The van der Waals surface area contributed by atoms with Gasteiger partial charge in [-0.25, -0.2) is 0 Å². The number of halogens is 1. The number of rotatable bonds is 5. The van der Waals surface area contributed by atoms with E-state index in [0.717, 1.165) is 32.9 Å². The van der Waals surface area contributed by atoms with Crippen molar-refractivity contribution in [3.8, 4) is 10.6 Å². The fourth-order valence-electron chi connectivity index (χ4n) is 1.76. The van der Waals surface area contributed by atoms with Crippen molar-refractivity contribution in [1.29, 1.82) is 0 Å². The molecule has 0 aliphatic heterocycles. The molecule has 4 nitrogen and oxygen atoms in total. The second kappa shape index (κ2) is 6.40. The first-order valence-corrected chi connectivity index (χ1v) is 9.37. The lowest BCUT2D eigenvalue weighted by Crippen LogP contribution is -1.94. The van der Waals surface area contributed by atoms with Crippen molar-refractivity contribution in [2.24, 2.45) is 0 Å². The number of hydrogen-bond donors (Lipinski definition) is 0. The number of aromatic nitrogens is 4. The van der Waals surface area contributed by atoms with E-state index in [1.54, 1.807) is 11.3 Å². The second-order valence-corrected chi connectivity index (χ2v) is 7.58. The average Bonchev–Trinajstić information content (AvgIpc) is 3.01. The minimum absolute atomic E-state index is 0.866. The Kier molecular flexibility index (Phi) is 4.57. The van der Waals surface area contributed by atoms with Crippen molar-refractivity contribution in [1.82, 2.24) is 19.8 Å². The summed E-state index contributed by atoms with van der Waals surface area (Å²) >= 11 is 5.76. The van der Waals surface area contributed by atoms with Crippen LogP contribution in [0.25, 0.3) is 15.5 Å². The molecule has 3 rings (SSSR count). The molecule has 0 saturated carbocycles. The Labute approximate surface area is 139 Å². The van der Waals surface area contributed by atoms with Crippen molar-refractivity contribution < 1.29 is 0 Å². The van der Waals surface area contributed by atoms with Gasteiger partial charge in [0.2, 0.25) is 4.96 Å². The summed E-state index contributed by atoms with van der Waals surface area (Å²) in [5, 5.41) is 14.1. The molecule has 0 radical (unpaired) electrons. The molecule has 0 N–H and O–H groups in total. The van der Waals surface area contributed by atoms with Crippen LogP contribution in [0.2, 0.25) is 0 Å². The molecule has 0 aliphatic carbocycles. The smallest absolute Gasteiger partial charge is 0.186 e. The van der Waals surface area contributed by atoms with Gasteiger partial charge >= 0.3 is 0 Å². The molecular weight excluding hydrogens is 403 g/mol. The van der Waals surface area contributed by atoms with Gasteiger partial charge in [0.1, 0.15) is 5.01 Å². The van der Waals surface area contributed by atoms with Gasteiger partial charge in [-0.1, -0.05) is 30.4 Å². The summed E-state index contributed by atoms with van der Waals surface area (Å²) in [7, 11) is 0. The van der Waals surface area contributed by atoms with E-state index in [-0.39, 0.29) is 0 Å². The third-order valence-electron chi connectivity index (χ3n) is 2.73. The Morgan fingerprint density at radius 3 is 2.80 bits per heavy atom. The highest BCUT2D eigenvalue weighted by Crippen LogP contribution is 2.26. The van der Waals surface area contributed by atoms with Crippen LogP contribution in [0.3, 0.4) is 0 Å². The summed E-state index contributed by atoms with van der Waals surface area (Å²) < 4.78 is 3.10. The van der Waals surface area contributed by atoms with Gasteiger partial charge in [0.15, 0.2) is 5.82 Å². The van der Waals surface area contributed by atoms with Crippen LogP contribution in [0.15, 0.2) is 24.3 Å². The fraction of sp³-hybridized carbons (Fsp3) is 0.308. The summed E-state index contributed by atoms with van der Waals surface area (Å²) in [5.41, 5.74) is 1.13. The van der Waals surface area contributed by atoms with Crippen molar-refractivity contribution in [3.63, 3.8) is 0 Å². The zero-order valence-corrected chi connectivity index (χ0v) is 14.7. The van der Waals surface area contributed by atoms with Gasteiger partial charge in [0.05, 0.1) is 5.75 Å². The molecule has 7 heteroatoms. The molecule has 0 atom stereocenters. The van der Waals surface area contributed by atoms with Crippen LogP contribution in [-0.4, -0.2) is 25.6 Å². The van der Waals surface area contributed by atoms with Gasteiger partial charge < -0.3 is 0 Å². The lowest BCUT2D eigenvalue weighted by Gasteiger charge is -1.97. The van der Waals surface area contributed by atoms with Crippen LogP contribution in [0.1, 0.15) is 19.2 Å².